The van der Waals surface area contributed by atoms with Crippen molar-refractivity contribution in [3.05, 3.63) is 29.3 Å². The molecule has 0 saturated carbocycles. The minimum atomic E-state index is -1.01. The van der Waals surface area contributed by atoms with Gasteiger partial charge < -0.3 is 15.2 Å². The number of benzene rings is 1. The summed E-state index contributed by atoms with van der Waals surface area (Å²) < 4.78 is 4.86. The number of carbonyl (C=O) groups is 2. The second-order valence-corrected chi connectivity index (χ2v) is 3.98. The van der Waals surface area contributed by atoms with E-state index in [4.69, 9.17) is 9.84 Å². The number of anilines is 1. The van der Waals surface area contributed by atoms with Crippen molar-refractivity contribution >= 4 is 17.6 Å². The maximum Gasteiger partial charge on any atom is 0.335 e. The second kappa shape index (κ2) is 6.76. The summed E-state index contributed by atoms with van der Waals surface area (Å²) >= 11 is 0. The van der Waals surface area contributed by atoms with E-state index in [0.717, 1.165) is 5.56 Å². The summed E-state index contributed by atoms with van der Waals surface area (Å²) in [6, 6.07) is 4.65. The van der Waals surface area contributed by atoms with Crippen LogP contribution in [0, 0.1) is 6.92 Å². The van der Waals surface area contributed by atoms with Crippen molar-refractivity contribution in [3.8, 4) is 0 Å². The Bertz CT molecular complexity index is 443. The van der Waals surface area contributed by atoms with E-state index in [0.29, 0.717) is 25.1 Å². The lowest BCUT2D eigenvalue weighted by Crippen LogP contribution is -2.13. The van der Waals surface area contributed by atoms with Gasteiger partial charge >= 0.3 is 5.97 Å². The van der Waals surface area contributed by atoms with Crippen LogP contribution in [-0.4, -0.2) is 30.7 Å². The van der Waals surface area contributed by atoms with Gasteiger partial charge in [0, 0.05) is 25.8 Å². The first-order valence-corrected chi connectivity index (χ1v) is 5.67. The van der Waals surface area contributed by atoms with E-state index >= 15 is 0 Å². The third kappa shape index (κ3) is 4.18. The fourth-order valence-corrected chi connectivity index (χ4v) is 1.48. The number of nitrogens with one attached hydrogen (secondary N) is 1. The summed E-state index contributed by atoms with van der Waals surface area (Å²) in [5.74, 6) is -1.15. The number of carboxylic acids is 1. The van der Waals surface area contributed by atoms with Crippen LogP contribution in [-0.2, 0) is 9.53 Å². The minimum Gasteiger partial charge on any atom is -0.478 e. The van der Waals surface area contributed by atoms with Gasteiger partial charge in [-0.2, -0.15) is 0 Å². The fourth-order valence-electron chi connectivity index (χ4n) is 1.48. The first-order chi connectivity index (χ1) is 8.54. The zero-order chi connectivity index (χ0) is 13.5. The Balaban J connectivity index is 2.68. The minimum absolute atomic E-state index is 0.141. The van der Waals surface area contributed by atoms with E-state index in [2.05, 4.69) is 5.32 Å². The van der Waals surface area contributed by atoms with Crippen LogP contribution >= 0.6 is 0 Å². The van der Waals surface area contributed by atoms with Crippen LogP contribution in [0.25, 0.3) is 0 Å². The van der Waals surface area contributed by atoms with E-state index in [1.54, 1.807) is 13.2 Å². The van der Waals surface area contributed by atoms with Crippen LogP contribution in [0.5, 0.6) is 0 Å². The summed E-state index contributed by atoms with van der Waals surface area (Å²) in [6.45, 7) is 2.35. The number of amides is 1. The van der Waals surface area contributed by atoms with Gasteiger partial charge in [0.25, 0.3) is 0 Å². The van der Waals surface area contributed by atoms with Crippen molar-refractivity contribution < 1.29 is 19.4 Å². The van der Waals surface area contributed by atoms with Gasteiger partial charge in [-0.25, -0.2) is 4.79 Å². The number of ether oxygens (including phenoxy) is 1. The normalized spacial score (nSPS) is 10.1. The van der Waals surface area contributed by atoms with Gasteiger partial charge in [-0.1, -0.05) is 6.07 Å². The average Bonchev–Trinajstić information content (AvgIpc) is 2.32. The third-order valence-corrected chi connectivity index (χ3v) is 2.51. The Hall–Kier alpha value is -1.88. The number of carboxylic acid groups (broad SMARTS) is 1. The summed E-state index contributed by atoms with van der Waals surface area (Å²) in [5, 5.41) is 11.6. The van der Waals surface area contributed by atoms with Crippen molar-refractivity contribution in [1.82, 2.24) is 0 Å². The molecule has 0 bridgehead atoms. The van der Waals surface area contributed by atoms with Crippen molar-refractivity contribution in [3.63, 3.8) is 0 Å². The van der Waals surface area contributed by atoms with E-state index in [9.17, 15) is 9.59 Å². The topological polar surface area (TPSA) is 75.6 Å². The summed E-state index contributed by atoms with van der Waals surface area (Å²) in [5.41, 5.74) is 1.53. The van der Waals surface area contributed by atoms with E-state index in [1.807, 2.05) is 6.92 Å². The number of aryl methyl sites for hydroxylation is 1. The molecule has 0 spiro atoms. The van der Waals surface area contributed by atoms with Crippen molar-refractivity contribution in [2.75, 3.05) is 19.0 Å². The van der Waals surface area contributed by atoms with Crippen LogP contribution < -0.4 is 5.32 Å². The molecule has 0 saturated heterocycles. The van der Waals surface area contributed by atoms with Gasteiger partial charge in [-0.15, -0.1) is 0 Å². The number of aromatic carboxylic acids is 1. The molecule has 1 aromatic rings. The average molecular weight is 251 g/mol. The van der Waals surface area contributed by atoms with E-state index < -0.39 is 5.97 Å². The molecule has 0 unspecified atom stereocenters. The predicted molar refractivity (Wildman–Crippen MR) is 67.9 cm³/mol. The summed E-state index contributed by atoms with van der Waals surface area (Å²) in [7, 11) is 1.58. The Morgan fingerprint density at radius 3 is 2.72 bits per heavy atom. The molecule has 2 N–H and O–H groups in total. The van der Waals surface area contributed by atoms with Gasteiger partial charge in [0.15, 0.2) is 0 Å². The second-order valence-electron chi connectivity index (χ2n) is 3.98. The molecule has 0 atom stereocenters. The maximum atomic E-state index is 11.6. The van der Waals surface area contributed by atoms with Crippen molar-refractivity contribution in [2.45, 2.75) is 19.8 Å². The standard InChI is InChI=1S/C13H17NO4/c1-9-5-6-10(13(16)17)8-11(9)14-12(15)4-3-7-18-2/h5-6,8H,3-4,7H2,1-2H3,(H,14,15)(H,16,17). The quantitative estimate of drug-likeness (QED) is 0.759. The van der Waals surface area contributed by atoms with Crippen LogP contribution in [0.4, 0.5) is 5.69 Å². The largest absolute Gasteiger partial charge is 0.478 e. The fraction of sp³-hybridized carbons (Fsp3) is 0.385. The lowest BCUT2D eigenvalue weighted by molar-refractivity contribution is -0.116. The third-order valence-electron chi connectivity index (χ3n) is 2.51. The number of rotatable bonds is 6. The molecule has 0 aliphatic heterocycles. The Kier molecular flexibility index (Phi) is 5.32. The molecule has 1 rings (SSSR count). The molecule has 0 fully saturated rings. The van der Waals surface area contributed by atoms with Gasteiger partial charge in [-0.05, 0) is 31.0 Å². The van der Waals surface area contributed by atoms with Gasteiger partial charge in [0.1, 0.15) is 0 Å². The molecule has 5 heteroatoms. The van der Waals surface area contributed by atoms with Gasteiger partial charge in [0.2, 0.25) is 5.91 Å². The highest BCUT2D eigenvalue weighted by atomic mass is 16.5. The lowest BCUT2D eigenvalue weighted by Gasteiger charge is -2.09. The zero-order valence-electron chi connectivity index (χ0n) is 10.5. The van der Waals surface area contributed by atoms with Gasteiger partial charge in [-0.3, -0.25) is 4.79 Å². The van der Waals surface area contributed by atoms with Crippen LogP contribution in [0.3, 0.4) is 0 Å². The molecular weight excluding hydrogens is 234 g/mol. The molecule has 0 aromatic heterocycles. The number of carbonyl (C=O) groups excluding carboxylic acids is 1. The van der Waals surface area contributed by atoms with Crippen LogP contribution in [0.1, 0.15) is 28.8 Å². The SMILES string of the molecule is COCCCC(=O)Nc1cc(C(=O)O)ccc1C. The highest BCUT2D eigenvalue weighted by molar-refractivity contribution is 5.94. The highest BCUT2D eigenvalue weighted by Gasteiger charge is 2.08. The first kappa shape index (κ1) is 14.2. The molecule has 0 aliphatic carbocycles. The van der Waals surface area contributed by atoms with Crippen LogP contribution in [0.2, 0.25) is 0 Å². The Morgan fingerprint density at radius 1 is 1.39 bits per heavy atom. The molecule has 0 aliphatic rings. The molecule has 5 nitrogen and oxygen atoms in total. The summed E-state index contributed by atoms with van der Waals surface area (Å²) in [6.07, 6.45) is 0.991. The lowest BCUT2D eigenvalue weighted by atomic mass is 10.1. The van der Waals surface area contributed by atoms with Gasteiger partial charge in [0.05, 0.1) is 5.56 Å². The Morgan fingerprint density at radius 2 is 2.11 bits per heavy atom. The first-order valence-electron chi connectivity index (χ1n) is 5.67. The van der Waals surface area contributed by atoms with Crippen LogP contribution in [0.15, 0.2) is 18.2 Å². The van der Waals surface area contributed by atoms with Crippen molar-refractivity contribution in [2.24, 2.45) is 0 Å². The molecule has 1 aromatic carbocycles. The molecule has 98 valence electrons. The monoisotopic (exact) mass is 251 g/mol. The maximum absolute atomic E-state index is 11.6. The Labute approximate surface area is 106 Å². The predicted octanol–water partition coefficient (Wildman–Crippen LogP) is 2.06. The smallest absolute Gasteiger partial charge is 0.335 e. The summed E-state index contributed by atoms with van der Waals surface area (Å²) in [4.78, 5) is 22.4. The van der Waals surface area contributed by atoms with E-state index in [1.165, 1.54) is 12.1 Å². The number of hydrogen-bond acceptors (Lipinski definition) is 3. The molecule has 0 radical (unpaired) electrons. The molecular formula is C13H17NO4. The van der Waals surface area contributed by atoms with Crippen molar-refractivity contribution in [1.29, 1.82) is 0 Å². The highest BCUT2D eigenvalue weighted by Crippen LogP contribution is 2.17. The molecule has 0 heterocycles. The molecule has 18 heavy (non-hydrogen) atoms. The number of hydrogen-bond donors (Lipinski definition) is 2. The molecule has 1 amide bonds. The zero-order valence-corrected chi connectivity index (χ0v) is 10.5. The van der Waals surface area contributed by atoms with E-state index in [-0.39, 0.29) is 11.5 Å². The number of methoxy groups -OCH3 is 1.